The van der Waals surface area contributed by atoms with Gasteiger partial charge in [-0.1, -0.05) is 18.2 Å². The van der Waals surface area contributed by atoms with E-state index in [0.29, 0.717) is 0 Å². The third-order valence-electron chi connectivity index (χ3n) is 6.35. The minimum Gasteiger partial charge on any atom is -0.320 e. The second-order valence-corrected chi connectivity index (χ2v) is 7.07. The lowest BCUT2D eigenvalue weighted by Crippen LogP contribution is -3.19. The van der Waals surface area contributed by atoms with E-state index < -0.39 is 11.5 Å². The van der Waals surface area contributed by atoms with Gasteiger partial charge in [-0.3, -0.25) is 19.3 Å². The van der Waals surface area contributed by atoms with Crippen LogP contribution in [0.25, 0.3) is 0 Å². The zero-order valence-corrected chi connectivity index (χ0v) is 12.8. The van der Waals surface area contributed by atoms with E-state index >= 15 is 0 Å². The molecular weight excluding hydrogens is 294 g/mol. The number of nitrogens with zero attached hydrogens (tertiary/aromatic N) is 1. The standard InChI is InChI=1S/C17H17N3O3/c1-19-14(21)12-11-7-4-8-20(11)17(13(12)15(19)22)9-5-2-3-6-10(9)18-16(17)23/h2-3,5-6,11-13H,4,7-8H2,1H3,(H,18,23)/p+1/t11-,12+,13+,17-/m1/s1. The number of hydrogen-bond donors (Lipinski definition) is 2. The number of imide groups is 1. The van der Waals surface area contributed by atoms with E-state index in [1.54, 1.807) is 7.05 Å². The Hall–Kier alpha value is -2.21. The van der Waals surface area contributed by atoms with E-state index in [1.807, 2.05) is 24.3 Å². The minimum absolute atomic E-state index is 0.0679. The van der Waals surface area contributed by atoms with Crippen molar-refractivity contribution in [3.8, 4) is 0 Å². The van der Waals surface area contributed by atoms with Gasteiger partial charge in [0.15, 0.2) is 0 Å². The van der Waals surface area contributed by atoms with Gasteiger partial charge in [0.25, 0.3) is 5.91 Å². The number of amides is 3. The summed E-state index contributed by atoms with van der Waals surface area (Å²) in [6.07, 6.45) is 1.89. The van der Waals surface area contributed by atoms with Gasteiger partial charge in [0.2, 0.25) is 17.4 Å². The Morgan fingerprint density at radius 2 is 2.00 bits per heavy atom. The molecule has 5 atom stereocenters. The highest BCUT2D eigenvalue weighted by molar-refractivity contribution is 6.13. The number of hydrogen-bond acceptors (Lipinski definition) is 3. The van der Waals surface area contributed by atoms with Gasteiger partial charge < -0.3 is 10.2 Å². The zero-order chi connectivity index (χ0) is 15.9. The molecular formula is C17H18N3O3+. The molecule has 6 heteroatoms. The predicted octanol–water partition coefficient (Wildman–Crippen LogP) is -0.874. The van der Waals surface area contributed by atoms with Crippen molar-refractivity contribution in [3.05, 3.63) is 29.8 Å². The Labute approximate surface area is 133 Å². The molecule has 1 spiro atoms. The molecule has 0 radical (unpaired) electrons. The van der Waals surface area contributed by atoms with Crippen LogP contribution in [-0.2, 0) is 19.9 Å². The van der Waals surface area contributed by atoms with Crippen molar-refractivity contribution in [2.24, 2.45) is 11.8 Å². The van der Waals surface area contributed by atoms with E-state index in [-0.39, 0.29) is 29.7 Å². The first-order valence-electron chi connectivity index (χ1n) is 8.17. The summed E-state index contributed by atoms with van der Waals surface area (Å²) >= 11 is 0. The van der Waals surface area contributed by atoms with Crippen LogP contribution in [0.3, 0.4) is 0 Å². The van der Waals surface area contributed by atoms with Crippen molar-refractivity contribution in [1.82, 2.24) is 4.90 Å². The summed E-state index contributed by atoms with van der Waals surface area (Å²) in [5.41, 5.74) is 0.738. The highest BCUT2D eigenvalue weighted by Gasteiger charge is 2.77. The normalized spacial score (nSPS) is 40.6. The van der Waals surface area contributed by atoms with Gasteiger partial charge >= 0.3 is 0 Å². The molecule has 3 saturated heterocycles. The quantitative estimate of drug-likeness (QED) is 0.612. The molecule has 0 saturated carbocycles. The zero-order valence-electron chi connectivity index (χ0n) is 12.8. The average molecular weight is 312 g/mol. The Balaban J connectivity index is 1.80. The monoisotopic (exact) mass is 312 g/mol. The fourth-order valence-corrected chi connectivity index (χ4v) is 5.56. The summed E-state index contributed by atoms with van der Waals surface area (Å²) in [6, 6.07) is 7.68. The maximum absolute atomic E-state index is 13.1. The molecule has 3 amide bonds. The van der Waals surface area contributed by atoms with Crippen LogP contribution >= 0.6 is 0 Å². The van der Waals surface area contributed by atoms with E-state index in [9.17, 15) is 14.4 Å². The molecule has 2 N–H and O–H groups in total. The first kappa shape index (κ1) is 13.2. The van der Waals surface area contributed by atoms with Crippen molar-refractivity contribution in [2.45, 2.75) is 24.4 Å². The average Bonchev–Trinajstić information content (AvgIpc) is 3.23. The number of nitrogens with one attached hydrogen (secondary N) is 2. The number of carbonyl (C=O) groups is 3. The highest BCUT2D eigenvalue weighted by Crippen LogP contribution is 2.51. The first-order valence-corrected chi connectivity index (χ1v) is 8.17. The van der Waals surface area contributed by atoms with E-state index in [0.717, 1.165) is 35.5 Å². The third kappa shape index (κ3) is 1.25. The van der Waals surface area contributed by atoms with Gasteiger partial charge in [0.05, 0.1) is 12.2 Å². The lowest BCUT2D eigenvalue weighted by molar-refractivity contribution is -0.948. The molecule has 4 heterocycles. The molecule has 0 aliphatic carbocycles. The second kappa shape index (κ2) is 4.00. The fourth-order valence-electron chi connectivity index (χ4n) is 5.56. The summed E-state index contributed by atoms with van der Waals surface area (Å²) in [5.74, 6) is -1.36. The number of quaternary nitrogens is 1. The molecule has 6 nitrogen and oxygen atoms in total. The van der Waals surface area contributed by atoms with E-state index in [4.69, 9.17) is 0 Å². The molecule has 0 aromatic heterocycles. The predicted molar refractivity (Wildman–Crippen MR) is 80.4 cm³/mol. The molecule has 3 fully saturated rings. The second-order valence-electron chi connectivity index (χ2n) is 7.07. The molecule has 1 aromatic rings. The van der Waals surface area contributed by atoms with Crippen LogP contribution in [0.1, 0.15) is 18.4 Å². The van der Waals surface area contributed by atoms with Crippen molar-refractivity contribution in [3.63, 3.8) is 0 Å². The summed E-state index contributed by atoms with van der Waals surface area (Å²) in [7, 11) is 1.55. The number of likely N-dealkylation sites (tertiary alicyclic amines) is 1. The van der Waals surface area contributed by atoms with Crippen LogP contribution in [0.4, 0.5) is 5.69 Å². The molecule has 4 aliphatic rings. The lowest BCUT2D eigenvalue weighted by atomic mass is 9.75. The van der Waals surface area contributed by atoms with Gasteiger partial charge in [0.1, 0.15) is 17.9 Å². The topological polar surface area (TPSA) is 70.9 Å². The summed E-state index contributed by atoms with van der Waals surface area (Å²) < 4.78 is 0. The number of rotatable bonds is 0. The Bertz CT molecular complexity index is 776. The van der Waals surface area contributed by atoms with E-state index in [1.165, 1.54) is 4.90 Å². The van der Waals surface area contributed by atoms with Crippen molar-refractivity contribution in [1.29, 1.82) is 0 Å². The van der Waals surface area contributed by atoms with Crippen molar-refractivity contribution in [2.75, 3.05) is 18.9 Å². The summed E-state index contributed by atoms with van der Waals surface area (Å²) in [4.78, 5) is 41.0. The van der Waals surface area contributed by atoms with Crippen molar-refractivity contribution < 1.29 is 19.3 Å². The molecule has 5 rings (SSSR count). The third-order valence-corrected chi connectivity index (χ3v) is 6.35. The largest absolute Gasteiger partial charge is 0.320 e. The molecule has 0 bridgehead atoms. The first-order chi connectivity index (χ1) is 11.1. The van der Waals surface area contributed by atoms with Crippen LogP contribution in [0.2, 0.25) is 0 Å². The SMILES string of the molecule is CN1C(=O)[C@H]2[C@H]3CCC[NH+]3[C@@]3(C(=O)Nc4ccccc43)[C@@H]2C1=O. The van der Waals surface area contributed by atoms with Crippen LogP contribution in [0.5, 0.6) is 0 Å². The maximum Gasteiger partial charge on any atom is 0.291 e. The fraction of sp³-hybridized carbons (Fsp3) is 0.471. The number of fused-ring (bicyclic) bond motifs is 7. The van der Waals surface area contributed by atoms with E-state index in [2.05, 4.69) is 5.32 Å². The van der Waals surface area contributed by atoms with Crippen LogP contribution < -0.4 is 10.2 Å². The van der Waals surface area contributed by atoms with Crippen molar-refractivity contribution >= 4 is 23.4 Å². The highest BCUT2D eigenvalue weighted by atomic mass is 16.2. The molecule has 118 valence electrons. The number of benzene rings is 1. The lowest BCUT2D eigenvalue weighted by Gasteiger charge is -2.33. The molecule has 1 aromatic carbocycles. The molecule has 23 heavy (non-hydrogen) atoms. The maximum atomic E-state index is 13.1. The smallest absolute Gasteiger partial charge is 0.291 e. The number of para-hydroxylation sites is 1. The van der Waals surface area contributed by atoms with Gasteiger partial charge in [0, 0.05) is 25.5 Å². The Morgan fingerprint density at radius 3 is 2.83 bits per heavy atom. The van der Waals surface area contributed by atoms with Crippen LogP contribution in [0.15, 0.2) is 24.3 Å². The number of carbonyl (C=O) groups excluding carboxylic acids is 3. The summed E-state index contributed by atoms with van der Waals surface area (Å²) in [5, 5.41) is 2.96. The Morgan fingerprint density at radius 1 is 1.22 bits per heavy atom. The minimum atomic E-state index is -0.931. The van der Waals surface area contributed by atoms with Crippen LogP contribution in [-0.4, -0.2) is 42.3 Å². The summed E-state index contributed by atoms with van der Waals surface area (Å²) in [6.45, 7) is 0.837. The van der Waals surface area contributed by atoms with Gasteiger partial charge in [-0.05, 0) is 6.07 Å². The Kier molecular flexibility index (Phi) is 2.30. The number of anilines is 1. The molecule has 1 unspecified atom stereocenters. The van der Waals surface area contributed by atoms with Gasteiger partial charge in [-0.25, -0.2) is 0 Å². The van der Waals surface area contributed by atoms with Gasteiger partial charge in [-0.15, -0.1) is 0 Å². The van der Waals surface area contributed by atoms with Gasteiger partial charge in [-0.2, -0.15) is 0 Å². The van der Waals surface area contributed by atoms with Crippen LogP contribution in [0, 0.1) is 11.8 Å². The molecule has 4 aliphatic heterocycles.